The molecule has 0 radical (unpaired) electrons. The molecule has 9 heteroatoms. The second-order valence-corrected chi connectivity index (χ2v) is 9.61. The molecular weight excluding hydrogens is 468 g/mol. The molecule has 3 aromatic carbocycles. The molecule has 1 heterocycles. The van der Waals surface area contributed by atoms with Gasteiger partial charge in [0, 0.05) is 0 Å². The van der Waals surface area contributed by atoms with Gasteiger partial charge in [-0.05, 0) is 16.7 Å². The van der Waals surface area contributed by atoms with E-state index in [0.717, 1.165) is 16.7 Å². The molecule has 1 aliphatic heterocycles. The molecule has 35 heavy (non-hydrogen) atoms. The molecule has 4 atom stereocenters. The molecule has 4 rings (SSSR count). The number of rotatable bonds is 12. The molecule has 186 valence electrons. The van der Waals surface area contributed by atoms with Crippen LogP contribution in [0.2, 0.25) is 0 Å². The summed E-state index contributed by atoms with van der Waals surface area (Å²) < 4.78 is 50.4. The fourth-order valence-electron chi connectivity index (χ4n) is 3.90. The number of nitrogens with two attached hydrogens (primary N) is 1. The summed E-state index contributed by atoms with van der Waals surface area (Å²) in [6.07, 6.45) is -2.96. The molecule has 3 N–H and O–H groups in total. The third-order valence-electron chi connectivity index (χ3n) is 5.55. The zero-order chi connectivity index (χ0) is 24.5. The minimum Gasteiger partial charge on any atom is -0.374 e. The molecule has 3 aromatic rings. The van der Waals surface area contributed by atoms with E-state index in [1.54, 1.807) is 0 Å². The summed E-state index contributed by atoms with van der Waals surface area (Å²) in [6.45, 7) is 1.12. The normalized spacial score (nSPS) is 22.3. The van der Waals surface area contributed by atoms with Crippen LogP contribution in [0.15, 0.2) is 91.0 Å². The van der Waals surface area contributed by atoms with Crippen molar-refractivity contribution < 1.29 is 27.4 Å². The molecule has 0 bridgehead atoms. The van der Waals surface area contributed by atoms with Crippen molar-refractivity contribution in [3.05, 3.63) is 108 Å². The minimum absolute atomic E-state index is 0.183. The van der Waals surface area contributed by atoms with E-state index in [9.17, 15) is 8.42 Å². The first kappa shape index (κ1) is 25.5. The molecular formula is C26H30N2O6S. The predicted molar refractivity (Wildman–Crippen MR) is 131 cm³/mol. The van der Waals surface area contributed by atoms with Crippen molar-refractivity contribution in [1.29, 1.82) is 0 Å². The predicted octanol–water partition coefficient (Wildman–Crippen LogP) is 2.89. The number of ether oxygens (including phenoxy) is 4. The molecule has 0 saturated carbocycles. The van der Waals surface area contributed by atoms with Gasteiger partial charge in [-0.15, -0.1) is 0 Å². The summed E-state index contributed by atoms with van der Waals surface area (Å²) in [5, 5.41) is 5.27. The van der Waals surface area contributed by atoms with E-state index in [-0.39, 0.29) is 13.2 Å². The van der Waals surface area contributed by atoms with Crippen LogP contribution in [0.25, 0.3) is 0 Å². The van der Waals surface area contributed by atoms with Gasteiger partial charge < -0.3 is 18.9 Å². The van der Waals surface area contributed by atoms with Gasteiger partial charge in [0.2, 0.25) is 0 Å². The van der Waals surface area contributed by atoms with Crippen molar-refractivity contribution in [3.8, 4) is 0 Å². The van der Waals surface area contributed by atoms with E-state index >= 15 is 0 Å². The third-order valence-corrected chi connectivity index (χ3v) is 6.12. The highest BCUT2D eigenvalue weighted by Gasteiger charge is 2.47. The molecule has 0 aromatic heterocycles. The van der Waals surface area contributed by atoms with E-state index in [1.165, 1.54) is 0 Å². The van der Waals surface area contributed by atoms with Crippen molar-refractivity contribution in [1.82, 2.24) is 4.72 Å². The maximum atomic E-state index is 11.9. The number of nitrogens with one attached hydrogen (secondary N) is 1. The Morgan fingerprint density at radius 2 is 1.17 bits per heavy atom. The van der Waals surface area contributed by atoms with Crippen molar-refractivity contribution in [2.24, 2.45) is 5.14 Å². The summed E-state index contributed by atoms with van der Waals surface area (Å²) in [6, 6.07) is 29.1. The maximum absolute atomic E-state index is 11.9. The standard InChI is InChI=1S/C26H30N2O6S/c27-35(29,30)28-26-25(33-18-22-14-8-3-9-15-22)24(32-17-21-12-6-2-7-13-21)23(34-26)19-31-16-20-10-4-1-5-11-20/h1-15,23-26,28H,16-19H2,(H2,27,29,30)/t23-,24-,25-,26-/m1/s1. The summed E-state index contributed by atoms with van der Waals surface area (Å²) >= 11 is 0. The minimum atomic E-state index is -4.05. The van der Waals surface area contributed by atoms with Gasteiger partial charge in [-0.1, -0.05) is 91.0 Å². The second-order valence-electron chi connectivity index (χ2n) is 8.28. The molecule has 0 aliphatic carbocycles. The van der Waals surface area contributed by atoms with E-state index in [0.29, 0.717) is 13.2 Å². The molecule has 1 saturated heterocycles. The topological polar surface area (TPSA) is 109 Å². The molecule has 1 aliphatic rings. The van der Waals surface area contributed by atoms with Crippen LogP contribution in [0.3, 0.4) is 0 Å². The zero-order valence-corrected chi connectivity index (χ0v) is 20.0. The van der Waals surface area contributed by atoms with E-state index in [2.05, 4.69) is 4.72 Å². The van der Waals surface area contributed by atoms with Crippen molar-refractivity contribution in [3.63, 3.8) is 0 Å². The fraction of sp³-hybridized carbons (Fsp3) is 0.308. The van der Waals surface area contributed by atoms with E-state index in [4.69, 9.17) is 24.1 Å². The SMILES string of the molecule is NS(=O)(=O)N[C@@H]1O[C@H](COCc2ccccc2)[C@@H](OCc2ccccc2)[C@H]1OCc1ccccc1. The average Bonchev–Trinajstić information content (AvgIpc) is 3.17. The van der Waals surface area contributed by atoms with Crippen LogP contribution >= 0.6 is 0 Å². The van der Waals surface area contributed by atoms with Crippen LogP contribution in [0, 0.1) is 0 Å². The molecule has 1 fully saturated rings. The fourth-order valence-corrected chi connectivity index (χ4v) is 4.42. The largest absolute Gasteiger partial charge is 0.374 e. The van der Waals surface area contributed by atoms with Crippen LogP contribution in [0.5, 0.6) is 0 Å². The Hall–Kier alpha value is -2.63. The lowest BCUT2D eigenvalue weighted by atomic mass is 10.1. The van der Waals surface area contributed by atoms with Gasteiger partial charge in [-0.2, -0.15) is 13.1 Å². The van der Waals surface area contributed by atoms with Gasteiger partial charge in [-0.3, -0.25) is 0 Å². The van der Waals surface area contributed by atoms with Gasteiger partial charge >= 0.3 is 0 Å². The molecule has 8 nitrogen and oxygen atoms in total. The van der Waals surface area contributed by atoms with Crippen molar-refractivity contribution in [2.75, 3.05) is 6.61 Å². The van der Waals surface area contributed by atoms with Gasteiger partial charge in [0.25, 0.3) is 10.2 Å². The highest BCUT2D eigenvalue weighted by atomic mass is 32.2. The Labute approximate surface area is 206 Å². The molecule has 0 amide bonds. The third kappa shape index (κ3) is 7.94. The highest BCUT2D eigenvalue weighted by molar-refractivity contribution is 7.87. The zero-order valence-electron chi connectivity index (χ0n) is 19.2. The van der Waals surface area contributed by atoms with Crippen molar-refractivity contribution >= 4 is 10.2 Å². The quantitative estimate of drug-likeness (QED) is 0.398. The van der Waals surface area contributed by atoms with Crippen LogP contribution < -0.4 is 9.86 Å². The first-order chi connectivity index (χ1) is 17.0. The van der Waals surface area contributed by atoms with Crippen LogP contribution in [-0.4, -0.2) is 39.6 Å². The van der Waals surface area contributed by atoms with Crippen LogP contribution in [-0.2, 0) is 49.0 Å². The monoisotopic (exact) mass is 498 g/mol. The van der Waals surface area contributed by atoms with Crippen LogP contribution in [0.4, 0.5) is 0 Å². The average molecular weight is 499 g/mol. The van der Waals surface area contributed by atoms with Gasteiger partial charge in [-0.25, -0.2) is 5.14 Å². The van der Waals surface area contributed by atoms with E-state index in [1.807, 2.05) is 91.0 Å². The lowest BCUT2D eigenvalue weighted by Gasteiger charge is -2.25. The first-order valence-corrected chi connectivity index (χ1v) is 12.9. The van der Waals surface area contributed by atoms with Crippen molar-refractivity contribution in [2.45, 2.75) is 44.4 Å². The Morgan fingerprint density at radius 1 is 0.714 bits per heavy atom. The Morgan fingerprint density at radius 3 is 1.66 bits per heavy atom. The van der Waals surface area contributed by atoms with E-state index < -0.39 is 34.7 Å². The Kier molecular flexibility index (Phi) is 9.00. The summed E-state index contributed by atoms with van der Waals surface area (Å²) in [5.41, 5.74) is 2.93. The first-order valence-electron chi connectivity index (χ1n) is 11.4. The maximum Gasteiger partial charge on any atom is 0.276 e. The van der Waals surface area contributed by atoms with Gasteiger partial charge in [0.15, 0.2) is 6.23 Å². The lowest BCUT2D eigenvalue weighted by Crippen LogP contribution is -2.48. The Bertz CT molecular complexity index is 1130. The highest BCUT2D eigenvalue weighted by Crippen LogP contribution is 2.28. The molecule has 0 unspecified atom stereocenters. The van der Waals surface area contributed by atoms with Gasteiger partial charge in [0.1, 0.15) is 18.3 Å². The summed E-state index contributed by atoms with van der Waals surface area (Å²) in [5.74, 6) is 0. The smallest absolute Gasteiger partial charge is 0.276 e. The summed E-state index contributed by atoms with van der Waals surface area (Å²) in [7, 11) is -4.05. The van der Waals surface area contributed by atoms with Crippen LogP contribution in [0.1, 0.15) is 16.7 Å². The summed E-state index contributed by atoms with van der Waals surface area (Å²) in [4.78, 5) is 0. The lowest BCUT2D eigenvalue weighted by molar-refractivity contribution is -0.0898. The number of hydrogen-bond donors (Lipinski definition) is 2. The second kappa shape index (κ2) is 12.4. The Balaban J connectivity index is 1.50. The number of hydrogen-bond acceptors (Lipinski definition) is 6. The van der Waals surface area contributed by atoms with Gasteiger partial charge in [0.05, 0.1) is 26.4 Å². The molecule has 0 spiro atoms. The number of benzene rings is 3.